The van der Waals surface area contributed by atoms with Gasteiger partial charge in [0.2, 0.25) is 11.8 Å². The Kier molecular flexibility index (Phi) is 3.03. The van der Waals surface area contributed by atoms with Crippen LogP contribution in [0.5, 0.6) is 0 Å². The Morgan fingerprint density at radius 3 is 2.81 bits per heavy atom. The van der Waals surface area contributed by atoms with Gasteiger partial charge in [-0.3, -0.25) is 15.1 Å². The van der Waals surface area contributed by atoms with E-state index >= 15 is 0 Å². The molecule has 1 aromatic carbocycles. The highest BCUT2D eigenvalue weighted by Crippen LogP contribution is 2.28. The van der Waals surface area contributed by atoms with Crippen molar-refractivity contribution in [2.75, 3.05) is 11.1 Å². The number of benzene rings is 1. The first kappa shape index (κ1) is 12.7. The van der Waals surface area contributed by atoms with Gasteiger partial charge >= 0.3 is 5.69 Å². The quantitative estimate of drug-likeness (QED) is 0.558. The summed E-state index contributed by atoms with van der Waals surface area (Å²) < 4.78 is 0. The summed E-state index contributed by atoms with van der Waals surface area (Å²) >= 11 is 0. The lowest BCUT2D eigenvalue weighted by Gasteiger charge is -2.08. The van der Waals surface area contributed by atoms with Gasteiger partial charge in [0.25, 0.3) is 0 Å². The van der Waals surface area contributed by atoms with Crippen LogP contribution in [0.2, 0.25) is 0 Å². The summed E-state index contributed by atoms with van der Waals surface area (Å²) in [4.78, 5) is 22.2. The molecule has 0 saturated carbocycles. The number of hydrogen-bond donors (Lipinski definition) is 2. The van der Waals surface area contributed by atoms with E-state index in [1.807, 2.05) is 24.3 Å². The molecule has 3 aromatic rings. The van der Waals surface area contributed by atoms with Gasteiger partial charge in [0.15, 0.2) is 0 Å². The zero-order chi connectivity index (χ0) is 14.8. The van der Waals surface area contributed by atoms with E-state index in [9.17, 15) is 10.1 Å². The van der Waals surface area contributed by atoms with Crippen LogP contribution in [-0.4, -0.2) is 19.9 Å². The Labute approximate surface area is 118 Å². The largest absolute Gasteiger partial charge is 0.368 e. The molecule has 0 fully saturated rings. The van der Waals surface area contributed by atoms with Gasteiger partial charge in [0.1, 0.15) is 6.20 Å². The van der Waals surface area contributed by atoms with Crippen molar-refractivity contribution >= 4 is 34.0 Å². The van der Waals surface area contributed by atoms with Crippen LogP contribution in [-0.2, 0) is 0 Å². The van der Waals surface area contributed by atoms with Crippen LogP contribution < -0.4 is 11.1 Å². The molecule has 0 aliphatic carbocycles. The van der Waals surface area contributed by atoms with Crippen LogP contribution in [0.1, 0.15) is 0 Å². The number of fused-ring (bicyclic) bond motifs is 1. The predicted octanol–water partition coefficient (Wildman–Crippen LogP) is 2.26. The second kappa shape index (κ2) is 5.00. The fourth-order valence-corrected chi connectivity index (χ4v) is 1.95. The number of hydrogen-bond acceptors (Lipinski definition) is 7. The fraction of sp³-hybridized carbons (Fsp3) is 0. The maximum Gasteiger partial charge on any atom is 0.329 e. The molecule has 3 N–H and O–H groups in total. The van der Waals surface area contributed by atoms with Crippen molar-refractivity contribution < 1.29 is 4.92 Å². The lowest BCUT2D eigenvalue weighted by atomic mass is 10.2. The Bertz CT molecular complexity index is 831. The first-order chi connectivity index (χ1) is 10.1. The van der Waals surface area contributed by atoms with Crippen molar-refractivity contribution in [3.63, 3.8) is 0 Å². The number of nitrogens with one attached hydrogen (secondary N) is 1. The zero-order valence-corrected chi connectivity index (χ0v) is 10.7. The topological polar surface area (TPSA) is 120 Å². The highest BCUT2D eigenvalue weighted by molar-refractivity contribution is 5.92. The van der Waals surface area contributed by atoms with Gasteiger partial charge in [-0.2, -0.15) is 4.98 Å². The van der Waals surface area contributed by atoms with E-state index < -0.39 is 4.92 Å². The summed E-state index contributed by atoms with van der Waals surface area (Å²) in [5.74, 6) is -0.0121. The van der Waals surface area contributed by atoms with E-state index in [0.29, 0.717) is 11.2 Å². The number of anilines is 3. The smallest absolute Gasteiger partial charge is 0.329 e. The van der Waals surface area contributed by atoms with Crippen molar-refractivity contribution in [3.05, 3.63) is 52.8 Å². The molecule has 8 nitrogen and oxygen atoms in total. The first-order valence-corrected chi connectivity index (χ1v) is 6.03. The van der Waals surface area contributed by atoms with Crippen LogP contribution in [0.4, 0.5) is 23.1 Å². The van der Waals surface area contributed by atoms with E-state index in [0.717, 1.165) is 11.6 Å². The number of nitrogen functional groups attached to an aromatic ring is 1. The third kappa shape index (κ3) is 2.41. The maximum absolute atomic E-state index is 11.0. The van der Waals surface area contributed by atoms with Gasteiger partial charge in [-0.05, 0) is 12.1 Å². The molecule has 0 unspecified atom stereocenters. The minimum Gasteiger partial charge on any atom is -0.368 e. The molecular weight excluding hydrogens is 272 g/mol. The molecule has 2 aromatic heterocycles. The molecule has 0 amide bonds. The summed E-state index contributed by atoms with van der Waals surface area (Å²) in [5, 5.41) is 14.8. The third-order valence-electron chi connectivity index (χ3n) is 2.87. The number of para-hydroxylation sites is 1. The van der Waals surface area contributed by atoms with E-state index in [4.69, 9.17) is 5.73 Å². The molecule has 0 radical (unpaired) electrons. The van der Waals surface area contributed by atoms with Crippen molar-refractivity contribution in [2.45, 2.75) is 0 Å². The normalized spacial score (nSPS) is 10.5. The van der Waals surface area contributed by atoms with Gasteiger partial charge in [-0.1, -0.05) is 18.2 Å². The lowest BCUT2D eigenvalue weighted by Crippen LogP contribution is -2.04. The number of aromatic nitrogens is 3. The number of nitrogens with two attached hydrogens (primary N) is 1. The highest BCUT2D eigenvalue weighted by Gasteiger charge is 2.17. The maximum atomic E-state index is 11.0. The molecule has 8 heteroatoms. The molecule has 0 spiro atoms. The van der Waals surface area contributed by atoms with Crippen molar-refractivity contribution in [1.82, 2.24) is 15.0 Å². The Hall–Kier alpha value is -3.29. The van der Waals surface area contributed by atoms with Crippen LogP contribution in [0.15, 0.2) is 42.7 Å². The number of pyridine rings is 1. The van der Waals surface area contributed by atoms with Crippen LogP contribution in [0.3, 0.4) is 0 Å². The average Bonchev–Trinajstić information content (AvgIpc) is 2.47. The summed E-state index contributed by atoms with van der Waals surface area (Å²) in [6, 6.07) is 9.20. The lowest BCUT2D eigenvalue weighted by molar-refractivity contribution is -0.384. The summed E-state index contributed by atoms with van der Waals surface area (Å²) in [6.45, 7) is 0. The Balaban J connectivity index is 2.11. The average molecular weight is 282 g/mol. The van der Waals surface area contributed by atoms with Gasteiger partial charge in [-0.15, -0.1) is 0 Å². The molecule has 0 bridgehead atoms. The van der Waals surface area contributed by atoms with E-state index in [-0.39, 0.29) is 17.5 Å². The summed E-state index contributed by atoms with van der Waals surface area (Å²) in [5.41, 5.74) is 6.53. The first-order valence-electron chi connectivity index (χ1n) is 6.03. The summed E-state index contributed by atoms with van der Waals surface area (Å²) in [7, 11) is 0. The molecule has 0 aliphatic rings. The minimum absolute atomic E-state index is 0.0330. The van der Waals surface area contributed by atoms with E-state index in [1.165, 1.54) is 0 Å². The Morgan fingerprint density at radius 2 is 2.00 bits per heavy atom. The van der Waals surface area contributed by atoms with Crippen molar-refractivity contribution in [2.24, 2.45) is 0 Å². The van der Waals surface area contributed by atoms with Crippen molar-refractivity contribution in [3.8, 4) is 0 Å². The van der Waals surface area contributed by atoms with E-state index in [1.54, 1.807) is 12.3 Å². The summed E-state index contributed by atoms with van der Waals surface area (Å²) in [6.07, 6.45) is 2.72. The Morgan fingerprint density at radius 1 is 1.19 bits per heavy atom. The van der Waals surface area contributed by atoms with Gasteiger partial charge in [0, 0.05) is 11.6 Å². The molecule has 0 aliphatic heterocycles. The monoisotopic (exact) mass is 282 g/mol. The van der Waals surface area contributed by atoms with Crippen LogP contribution in [0.25, 0.3) is 10.9 Å². The SMILES string of the molecule is Nc1ncc([N+](=O)[O-])c(Nc2cccc3cccnc23)n1. The predicted molar refractivity (Wildman–Crippen MR) is 78.1 cm³/mol. The molecular formula is C13H10N6O2. The van der Waals surface area contributed by atoms with Gasteiger partial charge in [-0.25, -0.2) is 4.98 Å². The molecule has 21 heavy (non-hydrogen) atoms. The molecule has 2 heterocycles. The minimum atomic E-state index is -0.569. The second-order valence-electron chi connectivity index (χ2n) is 4.22. The third-order valence-corrected chi connectivity index (χ3v) is 2.87. The fourth-order valence-electron chi connectivity index (χ4n) is 1.95. The van der Waals surface area contributed by atoms with Crippen LogP contribution in [0, 0.1) is 10.1 Å². The van der Waals surface area contributed by atoms with Crippen molar-refractivity contribution in [1.29, 1.82) is 0 Å². The molecule has 104 valence electrons. The molecule has 3 rings (SSSR count). The molecule has 0 saturated heterocycles. The highest BCUT2D eigenvalue weighted by atomic mass is 16.6. The number of nitrogens with zero attached hydrogens (tertiary/aromatic N) is 4. The number of rotatable bonds is 3. The van der Waals surface area contributed by atoms with Gasteiger partial charge in [0.05, 0.1) is 16.1 Å². The van der Waals surface area contributed by atoms with Gasteiger partial charge < -0.3 is 11.1 Å². The van der Waals surface area contributed by atoms with Crippen LogP contribution >= 0.6 is 0 Å². The van der Waals surface area contributed by atoms with E-state index in [2.05, 4.69) is 20.3 Å². The zero-order valence-electron chi connectivity index (χ0n) is 10.7. The second-order valence-corrected chi connectivity index (χ2v) is 4.22. The molecule has 0 atom stereocenters. The standard InChI is InChI=1S/C13H10N6O2/c14-13-16-7-10(19(20)21)12(18-13)17-9-5-1-3-8-4-2-6-15-11(8)9/h1-7H,(H3,14,16,17,18). The number of nitro groups is 1.